The largest absolute Gasteiger partial charge is 0.456 e. The lowest BCUT2D eigenvalue weighted by atomic mass is 10.1. The number of rotatable bonds is 3. The van der Waals surface area contributed by atoms with Gasteiger partial charge in [0.2, 0.25) is 0 Å². The van der Waals surface area contributed by atoms with Gasteiger partial charge in [-0.05, 0) is 11.6 Å². The van der Waals surface area contributed by atoms with E-state index in [9.17, 15) is 4.79 Å². The Bertz CT molecular complexity index is 592. The number of aromatic nitrogens is 1. The van der Waals surface area contributed by atoms with Crippen LogP contribution in [0.5, 0.6) is 0 Å². The molecule has 4 heteroatoms. The SMILES string of the molecule is O=C(O[C@H]1CCOC1)c1cncc(-c2ccccc2)c1. The van der Waals surface area contributed by atoms with Crippen LogP contribution in [-0.2, 0) is 9.47 Å². The highest BCUT2D eigenvalue weighted by Gasteiger charge is 2.21. The van der Waals surface area contributed by atoms with Crippen LogP contribution in [0.2, 0.25) is 0 Å². The Labute approximate surface area is 117 Å². The van der Waals surface area contributed by atoms with Gasteiger partial charge in [0, 0.05) is 24.4 Å². The van der Waals surface area contributed by atoms with Crippen molar-refractivity contribution in [3.05, 3.63) is 54.4 Å². The number of esters is 1. The van der Waals surface area contributed by atoms with Gasteiger partial charge in [-0.15, -0.1) is 0 Å². The molecule has 0 N–H and O–H groups in total. The summed E-state index contributed by atoms with van der Waals surface area (Å²) in [6.07, 6.45) is 3.90. The number of carbonyl (C=O) groups excluding carboxylic acids is 1. The molecule has 1 aliphatic heterocycles. The lowest BCUT2D eigenvalue weighted by molar-refractivity contribution is 0.0270. The van der Waals surface area contributed by atoms with E-state index in [1.165, 1.54) is 6.20 Å². The van der Waals surface area contributed by atoms with Crippen LogP contribution in [0.15, 0.2) is 48.8 Å². The van der Waals surface area contributed by atoms with Crippen molar-refractivity contribution in [2.45, 2.75) is 12.5 Å². The Balaban J connectivity index is 1.78. The van der Waals surface area contributed by atoms with E-state index in [2.05, 4.69) is 4.98 Å². The van der Waals surface area contributed by atoms with Crippen LogP contribution >= 0.6 is 0 Å². The van der Waals surface area contributed by atoms with E-state index in [0.29, 0.717) is 18.8 Å². The third kappa shape index (κ3) is 2.86. The maximum atomic E-state index is 12.1. The molecule has 0 amide bonds. The summed E-state index contributed by atoms with van der Waals surface area (Å²) in [7, 11) is 0. The summed E-state index contributed by atoms with van der Waals surface area (Å²) in [5.41, 5.74) is 2.40. The molecule has 1 aromatic carbocycles. The number of hydrogen-bond donors (Lipinski definition) is 0. The van der Waals surface area contributed by atoms with Gasteiger partial charge in [-0.2, -0.15) is 0 Å². The second-order valence-electron chi connectivity index (χ2n) is 4.72. The van der Waals surface area contributed by atoms with Crippen LogP contribution < -0.4 is 0 Å². The minimum atomic E-state index is -0.342. The first kappa shape index (κ1) is 12.8. The second kappa shape index (κ2) is 5.84. The summed E-state index contributed by atoms with van der Waals surface area (Å²) in [5.74, 6) is -0.342. The predicted molar refractivity (Wildman–Crippen MR) is 74.3 cm³/mol. The molecular weight excluding hydrogens is 254 g/mol. The van der Waals surface area contributed by atoms with E-state index < -0.39 is 0 Å². The monoisotopic (exact) mass is 269 g/mol. The number of carbonyl (C=O) groups is 1. The highest BCUT2D eigenvalue weighted by molar-refractivity contribution is 5.90. The van der Waals surface area contributed by atoms with Gasteiger partial charge in [0.1, 0.15) is 6.10 Å². The molecule has 0 saturated carbocycles. The average molecular weight is 269 g/mol. The second-order valence-corrected chi connectivity index (χ2v) is 4.72. The first-order chi connectivity index (χ1) is 9.83. The molecule has 2 aromatic rings. The molecule has 2 heterocycles. The summed E-state index contributed by atoms with van der Waals surface area (Å²) >= 11 is 0. The molecular formula is C16H15NO3. The van der Waals surface area contributed by atoms with E-state index in [0.717, 1.165) is 17.5 Å². The Kier molecular flexibility index (Phi) is 3.74. The van der Waals surface area contributed by atoms with Crippen LogP contribution in [0.4, 0.5) is 0 Å². The van der Waals surface area contributed by atoms with E-state index in [1.807, 2.05) is 30.3 Å². The predicted octanol–water partition coefficient (Wildman–Crippen LogP) is 2.69. The third-order valence-electron chi connectivity index (χ3n) is 3.24. The molecule has 0 bridgehead atoms. The summed E-state index contributed by atoms with van der Waals surface area (Å²) in [6.45, 7) is 1.14. The van der Waals surface area contributed by atoms with Gasteiger partial charge in [-0.1, -0.05) is 30.3 Å². The smallest absolute Gasteiger partial charge is 0.340 e. The molecule has 0 spiro atoms. The number of nitrogens with zero attached hydrogens (tertiary/aromatic N) is 1. The van der Waals surface area contributed by atoms with Crippen molar-refractivity contribution in [2.24, 2.45) is 0 Å². The van der Waals surface area contributed by atoms with E-state index >= 15 is 0 Å². The molecule has 20 heavy (non-hydrogen) atoms. The number of pyridine rings is 1. The Morgan fingerprint density at radius 3 is 2.80 bits per heavy atom. The van der Waals surface area contributed by atoms with Crippen molar-refractivity contribution in [2.75, 3.05) is 13.2 Å². The highest BCUT2D eigenvalue weighted by Crippen LogP contribution is 2.20. The van der Waals surface area contributed by atoms with Gasteiger partial charge < -0.3 is 9.47 Å². The average Bonchev–Trinajstić information content (AvgIpc) is 3.01. The van der Waals surface area contributed by atoms with Gasteiger partial charge in [0.25, 0.3) is 0 Å². The van der Waals surface area contributed by atoms with Gasteiger partial charge in [0.05, 0.1) is 18.8 Å². The molecule has 0 unspecified atom stereocenters. The fourth-order valence-corrected chi connectivity index (χ4v) is 2.17. The van der Waals surface area contributed by atoms with Crippen molar-refractivity contribution in [3.8, 4) is 11.1 Å². The van der Waals surface area contributed by atoms with Crippen molar-refractivity contribution < 1.29 is 14.3 Å². The van der Waals surface area contributed by atoms with Crippen molar-refractivity contribution >= 4 is 5.97 Å². The summed E-state index contributed by atoms with van der Waals surface area (Å²) in [5, 5.41) is 0. The molecule has 0 aliphatic carbocycles. The minimum absolute atomic E-state index is 0.136. The number of benzene rings is 1. The number of ether oxygens (including phenoxy) is 2. The van der Waals surface area contributed by atoms with Crippen molar-refractivity contribution in [3.63, 3.8) is 0 Å². The maximum absolute atomic E-state index is 12.1. The summed E-state index contributed by atoms with van der Waals surface area (Å²) in [6, 6.07) is 11.6. The highest BCUT2D eigenvalue weighted by atomic mass is 16.6. The lowest BCUT2D eigenvalue weighted by Gasteiger charge is -2.10. The zero-order chi connectivity index (χ0) is 13.8. The quantitative estimate of drug-likeness (QED) is 0.804. The van der Waals surface area contributed by atoms with E-state index in [-0.39, 0.29) is 12.1 Å². The first-order valence-electron chi connectivity index (χ1n) is 6.62. The lowest BCUT2D eigenvalue weighted by Crippen LogP contribution is -2.18. The molecule has 1 saturated heterocycles. The molecule has 1 aromatic heterocycles. The molecule has 0 radical (unpaired) electrons. The van der Waals surface area contributed by atoms with Crippen molar-refractivity contribution in [1.82, 2.24) is 4.98 Å². The maximum Gasteiger partial charge on any atom is 0.340 e. The fourth-order valence-electron chi connectivity index (χ4n) is 2.17. The van der Waals surface area contributed by atoms with Gasteiger partial charge >= 0.3 is 5.97 Å². The molecule has 102 valence electrons. The Morgan fingerprint density at radius 1 is 1.20 bits per heavy atom. The summed E-state index contributed by atoms with van der Waals surface area (Å²) < 4.78 is 10.6. The number of hydrogen-bond acceptors (Lipinski definition) is 4. The van der Waals surface area contributed by atoms with Crippen LogP contribution in [0, 0.1) is 0 Å². The van der Waals surface area contributed by atoms with Crippen molar-refractivity contribution in [1.29, 1.82) is 0 Å². The Hall–Kier alpha value is -2.20. The van der Waals surface area contributed by atoms with Gasteiger partial charge in [-0.3, -0.25) is 4.98 Å². The third-order valence-corrected chi connectivity index (χ3v) is 3.24. The van der Waals surface area contributed by atoms with Crippen LogP contribution in [0.1, 0.15) is 16.8 Å². The van der Waals surface area contributed by atoms with Gasteiger partial charge in [-0.25, -0.2) is 4.79 Å². The molecule has 1 atom stereocenters. The van der Waals surface area contributed by atoms with E-state index in [4.69, 9.17) is 9.47 Å². The minimum Gasteiger partial charge on any atom is -0.456 e. The zero-order valence-corrected chi connectivity index (χ0v) is 11.0. The fraction of sp³-hybridized carbons (Fsp3) is 0.250. The molecule has 1 aliphatic rings. The normalized spacial score (nSPS) is 17.9. The van der Waals surface area contributed by atoms with Gasteiger partial charge in [0.15, 0.2) is 0 Å². The Morgan fingerprint density at radius 2 is 2.05 bits per heavy atom. The zero-order valence-electron chi connectivity index (χ0n) is 11.0. The van der Waals surface area contributed by atoms with Crippen LogP contribution in [-0.4, -0.2) is 30.3 Å². The molecule has 1 fully saturated rings. The van der Waals surface area contributed by atoms with Crippen LogP contribution in [0.25, 0.3) is 11.1 Å². The first-order valence-corrected chi connectivity index (χ1v) is 6.62. The topological polar surface area (TPSA) is 48.4 Å². The van der Waals surface area contributed by atoms with Crippen LogP contribution in [0.3, 0.4) is 0 Å². The standard InChI is InChI=1S/C16H15NO3/c18-16(20-15-6-7-19-11-15)14-8-13(9-17-10-14)12-4-2-1-3-5-12/h1-5,8-10,15H,6-7,11H2/t15-/m0/s1. The summed E-state index contributed by atoms with van der Waals surface area (Å²) in [4.78, 5) is 16.2. The molecule has 3 rings (SSSR count). The molecule has 4 nitrogen and oxygen atoms in total. The van der Waals surface area contributed by atoms with E-state index in [1.54, 1.807) is 12.3 Å².